The number of hydrogen-bond acceptors (Lipinski definition) is 4. The molecule has 1 N–H and O–H groups in total. The molecule has 0 saturated heterocycles. The van der Waals surface area contributed by atoms with Crippen LogP contribution in [0.3, 0.4) is 0 Å². The summed E-state index contributed by atoms with van der Waals surface area (Å²) in [4.78, 5) is 33.3. The maximum atomic E-state index is 13.4. The van der Waals surface area contributed by atoms with Gasteiger partial charge in [-0.05, 0) is 51.3 Å². The van der Waals surface area contributed by atoms with E-state index in [-0.39, 0.29) is 16.9 Å². The molecule has 178 valence electrons. The molecule has 8 heteroatoms. The Bertz CT molecular complexity index is 1050. The molecular formula is C25H34ClN3O3Si. The van der Waals surface area contributed by atoms with Crippen LogP contribution >= 0.6 is 11.6 Å². The van der Waals surface area contributed by atoms with E-state index in [4.69, 9.17) is 16.3 Å². The lowest BCUT2D eigenvalue weighted by Crippen LogP contribution is -2.55. The number of halogens is 1. The Balaban J connectivity index is 1.48. The molecule has 2 amide bonds. The van der Waals surface area contributed by atoms with E-state index in [9.17, 15) is 9.59 Å². The van der Waals surface area contributed by atoms with Crippen LogP contribution in [0.4, 0.5) is 0 Å². The predicted octanol–water partition coefficient (Wildman–Crippen LogP) is 4.82. The largest absolute Gasteiger partial charge is 0.479 e. The Morgan fingerprint density at radius 1 is 1.21 bits per heavy atom. The Kier molecular flexibility index (Phi) is 6.02. The summed E-state index contributed by atoms with van der Waals surface area (Å²) in [5, 5.41) is 3.43. The average Bonchev–Trinajstić information content (AvgIpc) is 3.19. The van der Waals surface area contributed by atoms with E-state index in [0.29, 0.717) is 29.7 Å². The topological polar surface area (TPSA) is 71.0 Å². The number of hydrogen-bond donors (Lipinski definition) is 1. The number of nitrogens with one attached hydrogen (secondary N) is 1. The van der Waals surface area contributed by atoms with Crippen molar-refractivity contribution in [2.24, 2.45) is 4.99 Å². The molecule has 0 aromatic heterocycles. The maximum Gasteiger partial charge on any atom is 0.264 e. The first-order valence-corrected chi connectivity index (χ1v) is 15.6. The van der Waals surface area contributed by atoms with Crippen LogP contribution in [-0.4, -0.2) is 55.4 Å². The molecule has 1 atom stereocenters. The van der Waals surface area contributed by atoms with Crippen LogP contribution in [0.1, 0.15) is 40.0 Å². The molecule has 6 nitrogen and oxygen atoms in total. The van der Waals surface area contributed by atoms with Crippen molar-refractivity contribution in [2.45, 2.75) is 76.4 Å². The highest BCUT2D eigenvalue weighted by atomic mass is 35.5. The van der Waals surface area contributed by atoms with E-state index in [2.05, 4.69) is 30.0 Å². The van der Waals surface area contributed by atoms with Crippen LogP contribution < -0.4 is 10.1 Å². The number of amidine groups is 1. The molecular weight excluding hydrogens is 454 g/mol. The summed E-state index contributed by atoms with van der Waals surface area (Å²) in [6.07, 6.45) is 2.34. The van der Waals surface area contributed by atoms with Crippen molar-refractivity contribution >= 4 is 37.3 Å². The minimum absolute atomic E-state index is 0.110. The van der Waals surface area contributed by atoms with E-state index in [0.717, 1.165) is 30.4 Å². The number of carbonyl (C=O) groups is 2. The second kappa shape index (κ2) is 8.27. The summed E-state index contributed by atoms with van der Waals surface area (Å²) in [5.74, 6) is 1.13. The van der Waals surface area contributed by atoms with Crippen LogP contribution in [-0.2, 0) is 9.59 Å². The Morgan fingerprint density at radius 3 is 2.45 bits per heavy atom. The van der Waals surface area contributed by atoms with Crippen molar-refractivity contribution in [3.63, 3.8) is 0 Å². The number of carbonyl (C=O) groups excluding carboxylic acids is 2. The van der Waals surface area contributed by atoms with Crippen molar-refractivity contribution in [1.29, 1.82) is 0 Å². The third kappa shape index (κ3) is 3.93. The molecule has 1 saturated carbocycles. The van der Waals surface area contributed by atoms with E-state index < -0.39 is 19.7 Å². The SMILES string of the molecule is CC(Oc1ccccc1Cl)C(=O)N1CC2=C(CN=C2NC(=O)C2([Si](C)(C)C)CCC2)C1(C)C. The van der Waals surface area contributed by atoms with E-state index in [1.54, 1.807) is 19.1 Å². The van der Waals surface area contributed by atoms with Crippen LogP contribution in [0, 0.1) is 0 Å². The fourth-order valence-corrected chi connectivity index (χ4v) is 8.07. The minimum atomic E-state index is -1.68. The Hall–Kier alpha value is -2.12. The summed E-state index contributed by atoms with van der Waals surface area (Å²) in [6, 6.07) is 7.15. The van der Waals surface area contributed by atoms with Gasteiger partial charge in [0.25, 0.3) is 5.91 Å². The maximum absolute atomic E-state index is 13.4. The van der Waals surface area contributed by atoms with Gasteiger partial charge in [0.15, 0.2) is 6.10 Å². The first-order valence-electron chi connectivity index (χ1n) is 11.7. The first-order chi connectivity index (χ1) is 15.4. The smallest absolute Gasteiger partial charge is 0.264 e. The van der Waals surface area contributed by atoms with Gasteiger partial charge in [0.2, 0.25) is 5.91 Å². The lowest BCUT2D eigenvalue weighted by atomic mass is 9.83. The fraction of sp³-hybridized carbons (Fsp3) is 0.560. The molecule has 4 rings (SSSR count). The average molecular weight is 488 g/mol. The monoisotopic (exact) mass is 487 g/mol. The van der Waals surface area contributed by atoms with Crippen molar-refractivity contribution < 1.29 is 14.3 Å². The highest BCUT2D eigenvalue weighted by molar-refractivity contribution is 6.82. The lowest BCUT2D eigenvalue weighted by molar-refractivity contribution is -0.140. The second-order valence-electron chi connectivity index (χ2n) is 10.9. The zero-order valence-corrected chi connectivity index (χ0v) is 22.2. The van der Waals surface area contributed by atoms with Crippen molar-refractivity contribution in [3.8, 4) is 5.75 Å². The summed E-state index contributed by atoms with van der Waals surface area (Å²) in [7, 11) is -1.68. The number of amides is 2. The van der Waals surface area contributed by atoms with Gasteiger partial charge in [-0.1, -0.05) is 49.8 Å². The zero-order valence-electron chi connectivity index (χ0n) is 20.4. The Labute approximate surface area is 202 Å². The number of rotatable bonds is 5. The van der Waals surface area contributed by atoms with Gasteiger partial charge in [0.05, 0.1) is 31.7 Å². The number of para-hydroxylation sites is 1. The summed E-state index contributed by atoms with van der Waals surface area (Å²) in [5.41, 5.74) is 1.55. The number of ether oxygens (including phenoxy) is 1. The second-order valence-corrected chi connectivity index (χ2v) is 16.8. The predicted molar refractivity (Wildman–Crippen MR) is 135 cm³/mol. The summed E-state index contributed by atoms with van der Waals surface area (Å²) in [6.45, 7) is 13.5. The lowest BCUT2D eigenvalue weighted by Gasteiger charge is -2.49. The van der Waals surface area contributed by atoms with Gasteiger partial charge >= 0.3 is 0 Å². The quantitative estimate of drug-likeness (QED) is 0.605. The molecule has 2 aliphatic heterocycles. The summed E-state index contributed by atoms with van der Waals surface area (Å²) < 4.78 is 5.89. The normalized spacial score (nSPS) is 21.8. The molecule has 1 aromatic rings. The molecule has 1 fully saturated rings. The molecule has 2 heterocycles. The third-order valence-corrected chi connectivity index (χ3v) is 11.7. The molecule has 1 aromatic carbocycles. The van der Waals surface area contributed by atoms with Gasteiger partial charge in [0.1, 0.15) is 11.6 Å². The molecule has 0 bridgehead atoms. The molecule has 0 spiro atoms. The molecule has 0 radical (unpaired) electrons. The van der Waals surface area contributed by atoms with Gasteiger partial charge in [-0.15, -0.1) is 0 Å². The number of aliphatic imine (C=N–C) groups is 1. The van der Waals surface area contributed by atoms with Crippen LogP contribution in [0.5, 0.6) is 5.75 Å². The number of benzene rings is 1. The van der Waals surface area contributed by atoms with Crippen LogP contribution in [0.2, 0.25) is 29.7 Å². The van der Waals surface area contributed by atoms with Gasteiger partial charge in [-0.3, -0.25) is 14.6 Å². The van der Waals surface area contributed by atoms with Crippen molar-refractivity contribution in [2.75, 3.05) is 13.1 Å². The molecule has 33 heavy (non-hydrogen) atoms. The fourth-order valence-electron chi connectivity index (χ4n) is 5.29. The van der Waals surface area contributed by atoms with Crippen LogP contribution in [0.15, 0.2) is 40.4 Å². The van der Waals surface area contributed by atoms with E-state index >= 15 is 0 Å². The van der Waals surface area contributed by atoms with E-state index in [1.807, 2.05) is 30.9 Å². The van der Waals surface area contributed by atoms with Gasteiger partial charge in [-0.25, -0.2) is 0 Å². The van der Waals surface area contributed by atoms with Crippen LogP contribution in [0.25, 0.3) is 0 Å². The van der Waals surface area contributed by atoms with Gasteiger partial charge in [-0.2, -0.15) is 0 Å². The highest BCUT2D eigenvalue weighted by Gasteiger charge is 2.54. The van der Waals surface area contributed by atoms with Gasteiger partial charge in [0, 0.05) is 10.6 Å². The van der Waals surface area contributed by atoms with Crippen molar-refractivity contribution in [3.05, 3.63) is 40.4 Å². The highest BCUT2D eigenvalue weighted by Crippen LogP contribution is 2.55. The number of nitrogens with zero attached hydrogens (tertiary/aromatic N) is 2. The zero-order chi connectivity index (χ0) is 24.2. The molecule has 1 aliphatic carbocycles. The van der Waals surface area contributed by atoms with Crippen molar-refractivity contribution in [1.82, 2.24) is 10.2 Å². The molecule has 1 unspecified atom stereocenters. The summed E-state index contributed by atoms with van der Waals surface area (Å²) >= 11 is 6.21. The Morgan fingerprint density at radius 2 is 1.88 bits per heavy atom. The standard InChI is InChI=1S/C25H34ClN3O3Si/c1-16(32-20-11-8-7-10-19(20)26)22(30)29-15-17-18(24(29,2)3)14-27-21(17)28-23(31)25(12-9-13-25)33(4,5)6/h7-8,10-11,16H,9,12-15H2,1-6H3,(H,27,28,31). The first kappa shape index (κ1) is 24.0. The molecule has 3 aliphatic rings. The minimum Gasteiger partial charge on any atom is -0.479 e. The van der Waals surface area contributed by atoms with E-state index in [1.165, 1.54) is 0 Å². The van der Waals surface area contributed by atoms with Gasteiger partial charge < -0.3 is 15.0 Å². The third-order valence-electron chi connectivity index (χ3n) is 7.84.